The van der Waals surface area contributed by atoms with Crippen molar-refractivity contribution in [1.82, 2.24) is 4.57 Å². The Hall–Kier alpha value is -2.66. The largest absolute Gasteiger partial charge is 0.309 e. The van der Waals surface area contributed by atoms with Gasteiger partial charge in [-0.2, -0.15) is 0 Å². The summed E-state index contributed by atoms with van der Waals surface area (Å²) in [5.74, 6) is 0. The summed E-state index contributed by atoms with van der Waals surface area (Å²) in [6.07, 6.45) is 0. The molecule has 27 heavy (non-hydrogen) atoms. The Kier molecular flexibility index (Phi) is 4.94. The van der Waals surface area contributed by atoms with Gasteiger partial charge >= 0.3 is 0 Å². The molecule has 0 aliphatic rings. The number of pyridine rings is 1. The lowest BCUT2D eigenvalue weighted by atomic mass is 10.0. The van der Waals surface area contributed by atoms with Crippen LogP contribution >= 0.6 is 22.6 Å². The summed E-state index contributed by atoms with van der Waals surface area (Å²) in [5.41, 5.74) is 5.76. The minimum absolute atomic E-state index is 0.0516. The number of benzene rings is 3. The first kappa shape index (κ1) is 17.7. The molecule has 0 unspecified atom stereocenters. The number of nitrogens with zero attached hydrogens (tertiary/aromatic N) is 1. The van der Waals surface area contributed by atoms with Crippen molar-refractivity contribution in [2.45, 2.75) is 6.92 Å². The van der Waals surface area contributed by atoms with Crippen LogP contribution in [0.2, 0.25) is 0 Å². The van der Waals surface area contributed by atoms with Crippen LogP contribution < -0.4 is 5.43 Å². The topological polar surface area (TPSA) is 22.0 Å². The number of hydrogen-bond acceptors (Lipinski definition) is 1. The second-order valence-corrected chi connectivity index (χ2v) is 7.55. The predicted octanol–water partition coefficient (Wildman–Crippen LogP) is 6.08. The lowest BCUT2D eigenvalue weighted by Crippen LogP contribution is -2.16. The SMILES string of the molecule is Cc1c(-c2ccccc2I)n(-c2ccccc2)c(-c2ccccc2)cc1=O. The molecule has 0 saturated heterocycles. The fourth-order valence-electron chi connectivity index (χ4n) is 3.34. The molecule has 4 aromatic rings. The van der Waals surface area contributed by atoms with E-state index in [1.54, 1.807) is 6.07 Å². The van der Waals surface area contributed by atoms with E-state index in [4.69, 9.17) is 0 Å². The van der Waals surface area contributed by atoms with Gasteiger partial charge in [0.05, 0.1) is 11.4 Å². The molecule has 1 heterocycles. The molecule has 2 nitrogen and oxygen atoms in total. The summed E-state index contributed by atoms with van der Waals surface area (Å²) < 4.78 is 3.32. The first-order valence-corrected chi connectivity index (χ1v) is 9.87. The molecule has 3 heteroatoms. The Morgan fingerprint density at radius 2 is 1.37 bits per heavy atom. The van der Waals surface area contributed by atoms with Gasteiger partial charge in [0, 0.05) is 26.5 Å². The molecule has 0 bridgehead atoms. The Bertz CT molecular complexity index is 1150. The van der Waals surface area contributed by atoms with Crippen LogP contribution in [0.4, 0.5) is 0 Å². The molecule has 0 aliphatic carbocycles. The molecule has 0 amide bonds. The molecule has 0 saturated carbocycles. The minimum Gasteiger partial charge on any atom is -0.309 e. The highest BCUT2D eigenvalue weighted by molar-refractivity contribution is 14.1. The van der Waals surface area contributed by atoms with Crippen LogP contribution in [0.15, 0.2) is 95.8 Å². The summed E-state index contributed by atoms with van der Waals surface area (Å²) in [5, 5.41) is 0. The van der Waals surface area contributed by atoms with Crippen molar-refractivity contribution in [3.05, 3.63) is 110 Å². The van der Waals surface area contributed by atoms with E-state index in [1.807, 2.05) is 67.6 Å². The number of hydrogen-bond donors (Lipinski definition) is 0. The first-order chi connectivity index (χ1) is 13.2. The minimum atomic E-state index is 0.0516. The van der Waals surface area contributed by atoms with Crippen LogP contribution in [-0.4, -0.2) is 4.57 Å². The van der Waals surface area contributed by atoms with Crippen LogP contribution in [0.25, 0.3) is 28.2 Å². The third kappa shape index (κ3) is 3.35. The zero-order valence-corrected chi connectivity index (χ0v) is 17.1. The predicted molar refractivity (Wildman–Crippen MR) is 120 cm³/mol. The molecule has 0 aliphatic heterocycles. The van der Waals surface area contributed by atoms with E-state index in [9.17, 15) is 4.79 Å². The molecule has 0 N–H and O–H groups in total. The van der Waals surface area contributed by atoms with Crippen LogP contribution in [0.1, 0.15) is 5.56 Å². The van der Waals surface area contributed by atoms with Crippen molar-refractivity contribution in [3.8, 4) is 28.2 Å². The average molecular weight is 463 g/mol. The van der Waals surface area contributed by atoms with Crippen molar-refractivity contribution < 1.29 is 0 Å². The van der Waals surface area contributed by atoms with Crippen LogP contribution in [-0.2, 0) is 0 Å². The molecule has 3 aromatic carbocycles. The smallest absolute Gasteiger partial charge is 0.185 e. The standard InChI is InChI=1S/C24H18INO/c1-17-23(27)16-22(18-10-4-2-5-11-18)26(19-12-6-3-7-13-19)24(17)20-14-8-9-15-21(20)25/h2-16H,1H3. The molecule has 0 spiro atoms. The van der Waals surface area contributed by atoms with Gasteiger partial charge in [0.2, 0.25) is 0 Å². The van der Waals surface area contributed by atoms with Crippen LogP contribution in [0.3, 0.4) is 0 Å². The molecule has 0 fully saturated rings. The summed E-state index contributed by atoms with van der Waals surface area (Å²) in [7, 11) is 0. The number of para-hydroxylation sites is 1. The number of rotatable bonds is 3. The van der Waals surface area contributed by atoms with Crippen LogP contribution in [0, 0.1) is 10.5 Å². The normalized spacial score (nSPS) is 10.7. The fourth-order valence-corrected chi connectivity index (χ4v) is 3.99. The van der Waals surface area contributed by atoms with Gasteiger partial charge in [-0.05, 0) is 53.3 Å². The maximum absolute atomic E-state index is 12.9. The number of halogens is 1. The Balaban J connectivity index is 2.17. The maximum atomic E-state index is 12.9. The highest BCUT2D eigenvalue weighted by Gasteiger charge is 2.18. The average Bonchev–Trinajstić information content (AvgIpc) is 2.71. The van der Waals surface area contributed by atoms with Gasteiger partial charge in [0.15, 0.2) is 5.43 Å². The highest BCUT2D eigenvalue weighted by Crippen LogP contribution is 2.33. The van der Waals surface area contributed by atoms with E-state index in [0.29, 0.717) is 0 Å². The Morgan fingerprint density at radius 1 is 0.778 bits per heavy atom. The zero-order valence-electron chi connectivity index (χ0n) is 14.9. The lowest BCUT2D eigenvalue weighted by Gasteiger charge is -2.22. The summed E-state index contributed by atoms with van der Waals surface area (Å²) in [6.45, 7) is 1.91. The zero-order chi connectivity index (χ0) is 18.8. The van der Waals surface area contributed by atoms with Crippen molar-refractivity contribution in [3.63, 3.8) is 0 Å². The summed E-state index contributed by atoms with van der Waals surface area (Å²) in [4.78, 5) is 12.9. The molecule has 132 valence electrons. The fraction of sp³-hybridized carbons (Fsp3) is 0.0417. The van der Waals surface area contributed by atoms with Gasteiger partial charge in [0.25, 0.3) is 0 Å². The Labute approximate surface area is 172 Å². The first-order valence-electron chi connectivity index (χ1n) is 8.79. The van der Waals surface area contributed by atoms with Gasteiger partial charge in [-0.1, -0.05) is 66.7 Å². The van der Waals surface area contributed by atoms with Gasteiger partial charge in [-0.25, -0.2) is 0 Å². The third-order valence-electron chi connectivity index (χ3n) is 4.67. The highest BCUT2D eigenvalue weighted by atomic mass is 127. The van der Waals surface area contributed by atoms with Gasteiger partial charge < -0.3 is 4.57 Å². The molecule has 1 aromatic heterocycles. The van der Waals surface area contributed by atoms with Gasteiger partial charge in [0.1, 0.15) is 0 Å². The monoisotopic (exact) mass is 463 g/mol. The second-order valence-electron chi connectivity index (χ2n) is 6.38. The third-order valence-corrected chi connectivity index (χ3v) is 5.61. The molecular weight excluding hydrogens is 445 g/mol. The van der Waals surface area contributed by atoms with Crippen molar-refractivity contribution >= 4 is 22.6 Å². The van der Waals surface area contributed by atoms with Gasteiger partial charge in [-0.15, -0.1) is 0 Å². The number of aromatic nitrogens is 1. The Morgan fingerprint density at radius 3 is 2.04 bits per heavy atom. The quantitative estimate of drug-likeness (QED) is 0.338. The van der Waals surface area contributed by atoms with Gasteiger partial charge in [-0.3, -0.25) is 4.79 Å². The van der Waals surface area contributed by atoms with E-state index >= 15 is 0 Å². The second kappa shape index (κ2) is 7.53. The molecule has 0 radical (unpaired) electrons. The molecule has 4 rings (SSSR count). The van der Waals surface area contributed by atoms with Crippen molar-refractivity contribution in [2.24, 2.45) is 0 Å². The molecule has 0 atom stereocenters. The van der Waals surface area contributed by atoms with Crippen LogP contribution in [0.5, 0.6) is 0 Å². The maximum Gasteiger partial charge on any atom is 0.185 e. The van der Waals surface area contributed by atoms with E-state index in [2.05, 4.69) is 51.4 Å². The van der Waals surface area contributed by atoms with Crippen molar-refractivity contribution in [2.75, 3.05) is 0 Å². The van der Waals surface area contributed by atoms with Crippen molar-refractivity contribution in [1.29, 1.82) is 0 Å². The summed E-state index contributed by atoms with van der Waals surface area (Å²) >= 11 is 2.34. The summed E-state index contributed by atoms with van der Waals surface area (Å²) in [6, 6.07) is 30.2. The lowest BCUT2D eigenvalue weighted by molar-refractivity contribution is 1.04. The van der Waals surface area contributed by atoms with E-state index < -0.39 is 0 Å². The van der Waals surface area contributed by atoms with E-state index in [0.717, 1.165) is 37.3 Å². The van der Waals surface area contributed by atoms with E-state index in [1.165, 1.54) is 0 Å². The van der Waals surface area contributed by atoms with E-state index in [-0.39, 0.29) is 5.43 Å². The molecular formula is C24H18INO.